The third-order valence-corrected chi connectivity index (χ3v) is 4.49. The number of carbonyl (C=O) groups excluding carboxylic acids is 1. The summed E-state index contributed by atoms with van der Waals surface area (Å²) in [4.78, 5) is 14.5. The van der Waals surface area contributed by atoms with Crippen LogP contribution >= 0.6 is 11.6 Å². The minimum absolute atomic E-state index is 0.00468. The quantitative estimate of drug-likeness (QED) is 0.887. The number of nitrogens with one attached hydrogen (secondary N) is 1. The Morgan fingerprint density at radius 1 is 1.08 bits per heavy atom. The molecule has 2 aromatic rings. The molecule has 1 amide bonds. The van der Waals surface area contributed by atoms with Crippen LogP contribution in [0.25, 0.3) is 0 Å². The van der Waals surface area contributed by atoms with Crippen LogP contribution in [0.4, 0.5) is 4.39 Å². The lowest BCUT2D eigenvalue weighted by Gasteiger charge is -2.14. The molecule has 0 radical (unpaired) electrons. The zero-order valence-electron chi connectivity index (χ0n) is 13.4. The number of carbonyl (C=O) groups is 1. The predicted molar refractivity (Wildman–Crippen MR) is 93.5 cm³/mol. The molecular formula is C19H20ClFN2O. The second-order valence-electron chi connectivity index (χ2n) is 6.11. The monoisotopic (exact) mass is 346 g/mol. The van der Waals surface area contributed by atoms with E-state index >= 15 is 0 Å². The number of halogens is 2. The average molecular weight is 347 g/mol. The van der Waals surface area contributed by atoms with E-state index in [0.29, 0.717) is 6.54 Å². The molecule has 0 aromatic heterocycles. The van der Waals surface area contributed by atoms with Gasteiger partial charge in [-0.1, -0.05) is 35.9 Å². The maximum absolute atomic E-state index is 13.7. The molecular weight excluding hydrogens is 327 g/mol. The lowest BCUT2D eigenvalue weighted by atomic mass is 10.1. The molecule has 1 aliphatic rings. The standard InChI is InChI=1S/C19H20ClFN2O/c20-16-7-8-17(18(21)11-16)19(24)22-12-14-3-5-15(6-4-14)13-23-9-1-2-10-23/h3-8,11H,1-2,9-10,12-13H2,(H,22,24). The summed E-state index contributed by atoms with van der Waals surface area (Å²) in [7, 11) is 0. The van der Waals surface area contributed by atoms with Crippen LogP contribution in [-0.2, 0) is 13.1 Å². The molecule has 0 saturated carbocycles. The maximum Gasteiger partial charge on any atom is 0.254 e. The van der Waals surface area contributed by atoms with Crippen molar-refractivity contribution >= 4 is 17.5 Å². The van der Waals surface area contributed by atoms with E-state index in [2.05, 4.69) is 22.3 Å². The smallest absolute Gasteiger partial charge is 0.254 e. The topological polar surface area (TPSA) is 32.3 Å². The molecule has 0 unspecified atom stereocenters. The lowest BCUT2D eigenvalue weighted by molar-refractivity contribution is 0.0947. The first-order valence-corrected chi connectivity index (χ1v) is 8.53. The molecule has 3 rings (SSSR count). The van der Waals surface area contributed by atoms with Crippen molar-refractivity contribution in [1.82, 2.24) is 10.2 Å². The zero-order valence-corrected chi connectivity index (χ0v) is 14.2. The first-order valence-electron chi connectivity index (χ1n) is 8.15. The van der Waals surface area contributed by atoms with Gasteiger partial charge in [-0.25, -0.2) is 4.39 Å². The highest BCUT2D eigenvalue weighted by Crippen LogP contribution is 2.15. The van der Waals surface area contributed by atoms with E-state index in [4.69, 9.17) is 11.6 Å². The Hall–Kier alpha value is -1.91. The molecule has 126 valence electrons. The van der Waals surface area contributed by atoms with Crippen LogP contribution in [-0.4, -0.2) is 23.9 Å². The molecule has 24 heavy (non-hydrogen) atoms. The lowest BCUT2D eigenvalue weighted by Crippen LogP contribution is -2.23. The van der Waals surface area contributed by atoms with Gasteiger partial charge < -0.3 is 5.32 Å². The predicted octanol–water partition coefficient (Wildman–Crippen LogP) is 4.00. The highest BCUT2D eigenvalue weighted by Gasteiger charge is 2.13. The summed E-state index contributed by atoms with van der Waals surface area (Å²) in [5.74, 6) is -1.05. The van der Waals surface area contributed by atoms with E-state index in [0.717, 1.165) is 18.2 Å². The number of hydrogen-bond donors (Lipinski definition) is 1. The molecule has 0 atom stereocenters. The fraction of sp³-hybridized carbons (Fsp3) is 0.316. The number of amides is 1. The van der Waals surface area contributed by atoms with Crippen LogP contribution in [0, 0.1) is 5.82 Å². The van der Waals surface area contributed by atoms with E-state index in [1.54, 1.807) is 0 Å². The Morgan fingerprint density at radius 3 is 2.42 bits per heavy atom. The fourth-order valence-corrected chi connectivity index (χ4v) is 3.07. The molecule has 1 N–H and O–H groups in total. The van der Waals surface area contributed by atoms with E-state index in [1.807, 2.05) is 12.1 Å². The average Bonchev–Trinajstić information content (AvgIpc) is 3.07. The normalized spacial score (nSPS) is 14.8. The molecule has 1 fully saturated rings. The molecule has 3 nitrogen and oxygen atoms in total. The third-order valence-electron chi connectivity index (χ3n) is 4.26. The van der Waals surface area contributed by atoms with Crippen molar-refractivity contribution in [2.75, 3.05) is 13.1 Å². The van der Waals surface area contributed by atoms with Gasteiger partial charge in [0, 0.05) is 18.1 Å². The van der Waals surface area contributed by atoms with Gasteiger partial charge in [0.1, 0.15) is 5.82 Å². The molecule has 1 saturated heterocycles. The summed E-state index contributed by atoms with van der Waals surface area (Å²) >= 11 is 5.70. The Labute approximate surface area is 146 Å². The van der Waals surface area contributed by atoms with Gasteiger partial charge in [-0.2, -0.15) is 0 Å². The second kappa shape index (κ2) is 7.77. The van der Waals surface area contributed by atoms with Crippen LogP contribution in [0.2, 0.25) is 5.02 Å². The van der Waals surface area contributed by atoms with Crippen LogP contribution < -0.4 is 5.32 Å². The van der Waals surface area contributed by atoms with Gasteiger partial charge in [-0.3, -0.25) is 9.69 Å². The number of rotatable bonds is 5. The van der Waals surface area contributed by atoms with Gasteiger partial charge in [0.15, 0.2) is 0 Å². The van der Waals surface area contributed by atoms with E-state index in [-0.39, 0.29) is 10.6 Å². The molecule has 1 heterocycles. The Kier molecular flexibility index (Phi) is 5.48. The van der Waals surface area contributed by atoms with E-state index in [1.165, 1.54) is 43.6 Å². The van der Waals surface area contributed by atoms with Crippen LogP contribution in [0.5, 0.6) is 0 Å². The number of hydrogen-bond acceptors (Lipinski definition) is 2. The van der Waals surface area contributed by atoms with E-state index in [9.17, 15) is 9.18 Å². The number of nitrogens with zero attached hydrogens (tertiary/aromatic N) is 1. The summed E-state index contributed by atoms with van der Waals surface area (Å²) in [6.07, 6.45) is 2.57. The first kappa shape index (κ1) is 16.9. The van der Waals surface area contributed by atoms with Crippen molar-refractivity contribution in [1.29, 1.82) is 0 Å². The zero-order chi connectivity index (χ0) is 16.9. The molecule has 5 heteroatoms. The SMILES string of the molecule is O=C(NCc1ccc(CN2CCCC2)cc1)c1ccc(Cl)cc1F. The third kappa shape index (κ3) is 4.34. The largest absolute Gasteiger partial charge is 0.348 e. The molecule has 1 aliphatic heterocycles. The van der Waals surface area contributed by atoms with Crippen molar-refractivity contribution in [2.45, 2.75) is 25.9 Å². The fourth-order valence-electron chi connectivity index (χ4n) is 2.91. The molecule has 0 spiro atoms. The second-order valence-corrected chi connectivity index (χ2v) is 6.54. The first-order chi connectivity index (χ1) is 11.6. The van der Waals surface area contributed by atoms with Crippen molar-refractivity contribution in [3.63, 3.8) is 0 Å². The van der Waals surface area contributed by atoms with Crippen LogP contribution in [0.15, 0.2) is 42.5 Å². The van der Waals surface area contributed by atoms with Crippen LogP contribution in [0.1, 0.15) is 34.3 Å². The van der Waals surface area contributed by atoms with Gasteiger partial charge in [-0.15, -0.1) is 0 Å². The molecule has 0 bridgehead atoms. The Morgan fingerprint density at radius 2 is 1.75 bits per heavy atom. The van der Waals surface area contributed by atoms with Gasteiger partial charge in [0.05, 0.1) is 5.56 Å². The summed E-state index contributed by atoms with van der Waals surface area (Å²) in [5, 5.41) is 3.01. The summed E-state index contributed by atoms with van der Waals surface area (Å²) < 4.78 is 13.7. The van der Waals surface area contributed by atoms with Gasteiger partial charge in [0.2, 0.25) is 0 Å². The van der Waals surface area contributed by atoms with Gasteiger partial charge in [0.25, 0.3) is 5.91 Å². The Bertz CT molecular complexity index is 712. The summed E-state index contributed by atoms with van der Waals surface area (Å²) in [6.45, 7) is 3.68. The molecule has 2 aromatic carbocycles. The number of benzene rings is 2. The highest BCUT2D eigenvalue weighted by molar-refractivity contribution is 6.30. The maximum atomic E-state index is 13.7. The minimum atomic E-state index is -0.610. The highest BCUT2D eigenvalue weighted by atomic mass is 35.5. The number of likely N-dealkylation sites (tertiary alicyclic amines) is 1. The van der Waals surface area contributed by atoms with Crippen LogP contribution in [0.3, 0.4) is 0 Å². The molecule has 0 aliphatic carbocycles. The van der Waals surface area contributed by atoms with Gasteiger partial charge in [-0.05, 0) is 55.3 Å². The van der Waals surface area contributed by atoms with Crippen molar-refractivity contribution in [3.05, 3.63) is 70.0 Å². The summed E-state index contributed by atoms with van der Waals surface area (Å²) in [6, 6.07) is 12.2. The minimum Gasteiger partial charge on any atom is -0.348 e. The summed E-state index contributed by atoms with van der Waals surface area (Å²) in [5.41, 5.74) is 2.27. The Balaban J connectivity index is 1.55. The van der Waals surface area contributed by atoms with Gasteiger partial charge >= 0.3 is 0 Å². The van der Waals surface area contributed by atoms with Crippen molar-refractivity contribution in [3.8, 4) is 0 Å². The van der Waals surface area contributed by atoms with E-state index < -0.39 is 11.7 Å². The van der Waals surface area contributed by atoms with Crippen molar-refractivity contribution in [2.24, 2.45) is 0 Å². The van der Waals surface area contributed by atoms with Crippen molar-refractivity contribution < 1.29 is 9.18 Å².